The Morgan fingerprint density at radius 3 is 2.38 bits per heavy atom. The van der Waals surface area contributed by atoms with Crippen LogP contribution in [0.15, 0.2) is 30.3 Å². The molecule has 112 valence electrons. The van der Waals surface area contributed by atoms with Gasteiger partial charge in [0.15, 0.2) is 0 Å². The fraction of sp³-hybridized carbons (Fsp3) is 0.250. The zero-order valence-electron chi connectivity index (χ0n) is 12.2. The van der Waals surface area contributed by atoms with Gasteiger partial charge in [0.25, 0.3) is 0 Å². The molecule has 0 saturated carbocycles. The molecule has 1 N–H and O–H groups in total. The number of hydrogen-bond donors (Lipinski definition) is 1. The van der Waals surface area contributed by atoms with Crippen LogP contribution in [-0.4, -0.2) is 21.3 Å². The molecule has 0 fully saturated rings. The Morgan fingerprint density at radius 1 is 1.05 bits per heavy atom. The molecule has 0 aliphatic carbocycles. The molecule has 0 spiro atoms. The van der Waals surface area contributed by atoms with Crippen LogP contribution in [0.4, 0.5) is 0 Å². The molecular weight excluding hydrogens is 309 g/mol. The fourth-order valence-electron chi connectivity index (χ4n) is 2.17. The molecule has 0 radical (unpaired) electrons. The summed E-state index contributed by atoms with van der Waals surface area (Å²) >= 11 is 12.6. The zero-order valence-corrected chi connectivity index (χ0v) is 13.7. The van der Waals surface area contributed by atoms with E-state index < -0.39 is 0 Å². The standard InChI is InChI=1S/C16H17Cl2NO2/c1-19-9-11-5-4-10(8-13(11)17)12-6-7-14(20-2)15(18)16(12)21-3/h4-8,19H,9H2,1-3H3. The molecule has 3 nitrogen and oxygen atoms in total. The molecule has 5 heteroatoms. The summed E-state index contributed by atoms with van der Waals surface area (Å²) in [4.78, 5) is 0. The third kappa shape index (κ3) is 3.26. The van der Waals surface area contributed by atoms with E-state index in [-0.39, 0.29) is 0 Å². The van der Waals surface area contributed by atoms with Crippen LogP contribution in [0.5, 0.6) is 11.5 Å². The first-order valence-corrected chi connectivity index (χ1v) is 7.21. The van der Waals surface area contributed by atoms with Crippen LogP contribution in [0, 0.1) is 0 Å². The van der Waals surface area contributed by atoms with E-state index in [0.717, 1.165) is 23.2 Å². The van der Waals surface area contributed by atoms with E-state index in [1.807, 2.05) is 37.4 Å². The van der Waals surface area contributed by atoms with Gasteiger partial charge in [-0.1, -0.05) is 35.3 Å². The van der Waals surface area contributed by atoms with Gasteiger partial charge in [0.05, 0.1) is 14.2 Å². The van der Waals surface area contributed by atoms with Crippen LogP contribution in [0.1, 0.15) is 5.56 Å². The van der Waals surface area contributed by atoms with Crippen LogP contribution >= 0.6 is 23.2 Å². The molecule has 0 saturated heterocycles. The van der Waals surface area contributed by atoms with E-state index in [0.29, 0.717) is 21.5 Å². The lowest BCUT2D eigenvalue weighted by molar-refractivity contribution is 0.396. The Labute approximate surface area is 134 Å². The first kappa shape index (κ1) is 16.0. The van der Waals surface area contributed by atoms with Crippen LogP contribution in [0.3, 0.4) is 0 Å². The maximum absolute atomic E-state index is 6.31. The second-order valence-electron chi connectivity index (χ2n) is 4.50. The Kier molecular flexibility index (Phi) is 5.34. The number of benzene rings is 2. The largest absolute Gasteiger partial charge is 0.495 e. The van der Waals surface area contributed by atoms with Gasteiger partial charge in [-0.2, -0.15) is 0 Å². The van der Waals surface area contributed by atoms with E-state index >= 15 is 0 Å². The second kappa shape index (κ2) is 7.03. The number of nitrogens with one attached hydrogen (secondary N) is 1. The zero-order chi connectivity index (χ0) is 15.4. The summed E-state index contributed by atoms with van der Waals surface area (Å²) in [6, 6.07) is 9.63. The van der Waals surface area contributed by atoms with Gasteiger partial charge >= 0.3 is 0 Å². The number of rotatable bonds is 5. The summed E-state index contributed by atoms with van der Waals surface area (Å²) in [6.07, 6.45) is 0. The van der Waals surface area contributed by atoms with Crippen molar-refractivity contribution in [2.24, 2.45) is 0 Å². The average molecular weight is 326 g/mol. The van der Waals surface area contributed by atoms with Crippen molar-refractivity contribution in [1.29, 1.82) is 0 Å². The van der Waals surface area contributed by atoms with Crippen molar-refractivity contribution in [3.05, 3.63) is 45.9 Å². The molecule has 0 bridgehead atoms. The number of halogens is 2. The highest BCUT2D eigenvalue weighted by Gasteiger charge is 2.15. The summed E-state index contributed by atoms with van der Waals surface area (Å²) in [5.41, 5.74) is 2.86. The fourth-order valence-corrected chi connectivity index (χ4v) is 2.74. The number of methoxy groups -OCH3 is 2. The van der Waals surface area contributed by atoms with Crippen LogP contribution < -0.4 is 14.8 Å². The van der Waals surface area contributed by atoms with Gasteiger partial charge in [-0.05, 0) is 36.4 Å². The van der Waals surface area contributed by atoms with Gasteiger partial charge in [0.1, 0.15) is 16.5 Å². The topological polar surface area (TPSA) is 30.5 Å². The molecule has 2 aromatic rings. The Balaban J connectivity index is 2.51. The van der Waals surface area contributed by atoms with Crippen molar-refractivity contribution in [2.45, 2.75) is 6.54 Å². The van der Waals surface area contributed by atoms with Gasteiger partial charge in [0.2, 0.25) is 0 Å². The van der Waals surface area contributed by atoms with E-state index in [2.05, 4.69) is 5.32 Å². The first-order valence-electron chi connectivity index (χ1n) is 6.46. The molecule has 2 aromatic carbocycles. The Bertz CT molecular complexity index is 644. The molecule has 0 aliphatic rings. The third-order valence-corrected chi connectivity index (χ3v) is 3.93. The Hall–Kier alpha value is -1.42. The van der Waals surface area contributed by atoms with E-state index in [4.69, 9.17) is 32.7 Å². The highest BCUT2D eigenvalue weighted by atomic mass is 35.5. The molecule has 0 unspecified atom stereocenters. The van der Waals surface area contributed by atoms with E-state index in [1.165, 1.54) is 0 Å². The molecule has 0 aromatic heterocycles. The van der Waals surface area contributed by atoms with Crippen molar-refractivity contribution in [2.75, 3.05) is 21.3 Å². The molecule has 21 heavy (non-hydrogen) atoms. The summed E-state index contributed by atoms with van der Waals surface area (Å²) in [7, 11) is 5.04. The predicted octanol–water partition coefficient (Wildman–Crippen LogP) is 4.40. The van der Waals surface area contributed by atoms with Gasteiger partial charge in [-0.25, -0.2) is 0 Å². The van der Waals surface area contributed by atoms with Crippen molar-refractivity contribution < 1.29 is 9.47 Å². The van der Waals surface area contributed by atoms with Crippen molar-refractivity contribution in [3.8, 4) is 22.6 Å². The molecule has 0 heterocycles. The molecule has 0 amide bonds. The van der Waals surface area contributed by atoms with Gasteiger partial charge < -0.3 is 14.8 Å². The quantitative estimate of drug-likeness (QED) is 0.883. The minimum absolute atomic E-state index is 0.452. The Morgan fingerprint density at radius 2 is 1.81 bits per heavy atom. The van der Waals surface area contributed by atoms with E-state index in [9.17, 15) is 0 Å². The molecule has 2 rings (SSSR count). The molecular formula is C16H17Cl2NO2. The lowest BCUT2D eigenvalue weighted by Crippen LogP contribution is -2.05. The SMILES string of the molecule is CNCc1ccc(-c2ccc(OC)c(Cl)c2OC)cc1Cl. The van der Waals surface area contributed by atoms with Crippen molar-refractivity contribution >= 4 is 23.2 Å². The van der Waals surface area contributed by atoms with Crippen molar-refractivity contribution in [1.82, 2.24) is 5.32 Å². The normalized spacial score (nSPS) is 10.5. The minimum atomic E-state index is 0.452. The van der Waals surface area contributed by atoms with Gasteiger partial charge in [0, 0.05) is 17.1 Å². The van der Waals surface area contributed by atoms with Gasteiger partial charge in [-0.15, -0.1) is 0 Å². The first-order chi connectivity index (χ1) is 10.1. The highest BCUT2D eigenvalue weighted by Crippen LogP contribution is 2.42. The summed E-state index contributed by atoms with van der Waals surface area (Å²) in [5, 5.41) is 4.24. The van der Waals surface area contributed by atoms with Gasteiger partial charge in [-0.3, -0.25) is 0 Å². The summed E-state index contributed by atoms with van der Waals surface area (Å²) in [6.45, 7) is 0.722. The number of ether oxygens (including phenoxy) is 2. The maximum Gasteiger partial charge on any atom is 0.149 e. The minimum Gasteiger partial charge on any atom is -0.495 e. The van der Waals surface area contributed by atoms with Crippen molar-refractivity contribution in [3.63, 3.8) is 0 Å². The number of hydrogen-bond acceptors (Lipinski definition) is 3. The molecule has 0 aliphatic heterocycles. The second-order valence-corrected chi connectivity index (χ2v) is 5.28. The average Bonchev–Trinajstić information content (AvgIpc) is 2.49. The highest BCUT2D eigenvalue weighted by molar-refractivity contribution is 6.34. The predicted molar refractivity (Wildman–Crippen MR) is 87.8 cm³/mol. The van der Waals surface area contributed by atoms with Crippen LogP contribution in [-0.2, 0) is 6.54 Å². The summed E-state index contributed by atoms with van der Waals surface area (Å²) < 4.78 is 10.6. The van der Waals surface area contributed by atoms with E-state index in [1.54, 1.807) is 14.2 Å². The lowest BCUT2D eigenvalue weighted by Gasteiger charge is -2.14. The lowest BCUT2D eigenvalue weighted by atomic mass is 10.0. The molecule has 0 atom stereocenters. The summed E-state index contributed by atoms with van der Waals surface area (Å²) in [5.74, 6) is 1.16. The smallest absolute Gasteiger partial charge is 0.149 e. The third-order valence-electron chi connectivity index (χ3n) is 3.22. The van der Waals surface area contributed by atoms with Crippen LogP contribution in [0.25, 0.3) is 11.1 Å². The monoisotopic (exact) mass is 325 g/mol. The van der Waals surface area contributed by atoms with Crippen LogP contribution in [0.2, 0.25) is 10.0 Å². The maximum atomic E-state index is 6.31.